The van der Waals surface area contributed by atoms with E-state index in [4.69, 9.17) is 0 Å². The van der Waals surface area contributed by atoms with Gasteiger partial charge in [0.05, 0.1) is 5.56 Å². The van der Waals surface area contributed by atoms with Crippen molar-refractivity contribution >= 4 is 23.4 Å². The molecule has 1 heterocycles. The third-order valence-electron chi connectivity index (χ3n) is 4.94. The lowest BCUT2D eigenvalue weighted by Crippen LogP contribution is -2.30. The fraction of sp³-hybridized carbons (Fsp3) is 0.200. The number of hydrogen-bond acceptors (Lipinski definition) is 4. The Kier molecular flexibility index (Phi) is 7.33. The number of hydrogen-bond donors (Lipinski definition) is 1. The number of nitrogens with zero attached hydrogens (tertiary/aromatic N) is 3. The molecule has 0 atom stereocenters. The molecule has 7 nitrogen and oxygen atoms in total. The molecular weight excluding hydrogens is 404 g/mol. The SMILES string of the molecule is CCN(Cc1ccc(C(=O)N(C)C)cc1)C(=O)c1cccc(NC(=O)c2cccnc2)c1. The van der Waals surface area contributed by atoms with Crippen LogP contribution in [0.1, 0.15) is 43.6 Å². The van der Waals surface area contributed by atoms with Crippen molar-refractivity contribution in [2.75, 3.05) is 26.0 Å². The standard InChI is InChI=1S/C25H26N4O3/c1-4-29(17-18-10-12-19(13-11-18)24(31)28(2)3)25(32)20-7-5-9-22(15-20)27-23(30)21-8-6-14-26-16-21/h5-16H,4,17H2,1-3H3,(H,27,30). The van der Waals surface area contributed by atoms with E-state index in [2.05, 4.69) is 10.3 Å². The average molecular weight is 431 g/mol. The van der Waals surface area contributed by atoms with E-state index in [1.54, 1.807) is 73.7 Å². The van der Waals surface area contributed by atoms with Crippen molar-refractivity contribution in [3.05, 3.63) is 95.3 Å². The Morgan fingerprint density at radius 2 is 1.59 bits per heavy atom. The van der Waals surface area contributed by atoms with Crippen molar-refractivity contribution in [2.24, 2.45) is 0 Å². The molecule has 3 rings (SSSR count). The zero-order valence-electron chi connectivity index (χ0n) is 18.4. The largest absolute Gasteiger partial charge is 0.345 e. The summed E-state index contributed by atoms with van der Waals surface area (Å²) in [4.78, 5) is 44.7. The van der Waals surface area contributed by atoms with Gasteiger partial charge in [0.15, 0.2) is 0 Å². The number of pyridine rings is 1. The molecule has 0 saturated heterocycles. The van der Waals surface area contributed by atoms with Crippen LogP contribution in [0.15, 0.2) is 73.1 Å². The van der Waals surface area contributed by atoms with E-state index in [1.807, 2.05) is 19.1 Å². The van der Waals surface area contributed by atoms with Crippen molar-refractivity contribution < 1.29 is 14.4 Å². The van der Waals surface area contributed by atoms with Crippen molar-refractivity contribution in [3.8, 4) is 0 Å². The summed E-state index contributed by atoms with van der Waals surface area (Å²) < 4.78 is 0. The van der Waals surface area contributed by atoms with Gasteiger partial charge in [0, 0.05) is 56.4 Å². The Balaban J connectivity index is 1.70. The first-order valence-corrected chi connectivity index (χ1v) is 10.3. The highest BCUT2D eigenvalue weighted by atomic mass is 16.2. The summed E-state index contributed by atoms with van der Waals surface area (Å²) >= 11 is 0. The number of carbonyl (C=O) groups excluding carboxylic acids is 3. The molecule has 0 aliphatic rings. The number of anilines is 1. The van der Waals surface area contributed by atoms with Gasteiger partial charge in [-0.05, 0) is 55.0 Å². The van der Waals surface area contributed by atoms with Gasteiger partial charge in [0.1, 0.15) is 0 Å². The van der Waals surface area contributed by atoms with E-state index in [9.17, 15) is 14.4 Å². The average Bonchev–Trinajstić information content (AvgIpc) is 2.82. The van der Waals surface area contributed by atoms with Crippen molar-refractivity contribution in [1.29, 1.82) is 0 Å². The van der Waals surface area contributed by atoms with Crippen LogP contribution >= 0.6 is 0 Å². The maximum atomic E-state index is 13.1. The molecule has 0 aliphatic heterocycles. The van der Waals surface area contributed by atoms with E-state index < -0.39 is 0 Å². The summed E-state index contributed by atoms with van der Waals surface area (Å²) in [6.45, 7) is 2.84. The van der Waals surface area contributed by atoms with Crippen molar-refractivity contribution in [3.63, 3.8) is 0 Å². The second kappa shape index (κ2) is 10.3. The van der Waals surface area contributed by atoms with Crippen LogP contribution in [0.3, 0.4) is 0 Å². The molecule has 3 aromatic rings. The fourth-order valence-electron chi connectivity index (χ4n) is 3.17. The molecule has 0 unspecified atom stereocenters. The van der Waals surface area contributed by atoms with Crippen LogP contribution in [0.5, 0.6) is 0 Å². The highest BCUT2D eigenvalue weighted by Crippen LogP contribution is 2.16. The van der Waals surface area contributed by atoms with Crippen LogP contribution in [0, 0.1) is 0 Å². The maximum absolute atomic E-state index is 13.1. The Labute approximate surface area is 187 Å². The molecule has 2 aromatic carbocycles. The van der Waals surface area contributed by atoms with Crippen LogP contribution in [0.2, 0.25) is 0 Å². The molecular formula is C25H26N4O3. The highest BCUT2D eigenvalue weighted by molar-refractivity contribution is 6.05. The second-order valence-electron chi connectivity index (χ2n) is 7.49. The molecule has 1 N–H and O–H groups in total. The molecule has 0 aliphatic carbocycles. The van der Waals surface area contributed by atoms with Crippen molar-refractivity contribution in [2.45, 2.75) is 13.5 Å². The number of benzene rings is 2. The summed E-state index contributed by atoms with van der Waals surface area (Å²) in [6.07, 6.45) is 3.09. The smallest absolute Gasteiger partial charge is 0.257 e. The molecule has 0 bridgehead atoms. The molecule has 3 amide bonds. The predicted molar refractivity (Wildman–Crippen MR) is 124 cm³/mol. The Hall–Kier alpha value is -4.00. The first-order chi connectivity index (χ1) is 15.4. The maximum Gasteiger partial charge on any atom is 0.257 e. The first-order valence-electron chi connectivity index (χ1n) is 10.3. The lowest BCUT2D eigenvalue weighted by atomic mass is 10.1. The van der Waals surface area contributed by atoms with E-state index >= 15 is 0 Å². The highest BCUT2D eigenvalue weighted by Gasteiger charge is 2.16. The van der Waals surface area contributed by atoms with Gasteiger partial charge in [-0.2, -0.15) is 0 Å². The molecule has 1 aromatic heterocycles. The van der Waals surface area contributed by atoms with Crippen LogP contribution in [0.4, 0.5) is 5.69 Å². The number of carbonyl (C=O) groups is 3. The summed E-state index contributed by atoms with van der Waals surface area (Å²) in [6, 6.07) is 17.5. The quantitative estimate of drug-likeness (QED) is 0.620. The molecule has 0 radical (unpaired) electrons. The summed E-state index contributed by atoms with van der Waals surface area (Å²) in [7, 11) is 3.42. The molecule has 164 valence electrons. The topological polar surface area (TPSA) is 82.6 Å². The van der Waals surface area contributed by atoms with Gasteiger partial charge in [-0.1, -0.05) is 18.2 Å². The first kappa shape index (κ1) is 22.7. The number of amides is 3. The molecule has 32 heavy (non-hydrogen) atoms. The Bertz CT molecular complexity index is 1100. The zero-order chi connectivity index (χ0) is 23.1. The van der Waals surface area contributed by atoms with Gasteiger partial charge in [0.2, 0.25) is 0 Å². The third kappa shape index (κ3) is 5.57. The van der Waals surface area contributed by atoms with Gasteiger partial charge in [-0.25, -0.2) is 0 Å². The normalized spacial score (nSPS) is 10.3. The minimum absolute atomic E-state index is 0.0647. The monoisotopic (exact) mass is 430 g/mol. The summed E-state index contributed by atoms with van der Waals surface area (Å²) in [5.41, 5.74) is 2.99. The van der Waals surface area contributed by atoms with E-state index in [0.29, 0.717) is 35.5 Å². The van der Waals surface area contributed by atoms with Gasteiger partial charge >= 0.3 is 0 Å². The Morgan fingerprint density at radius 1 is 0.875 bits per heavy atom. The molecule has 7 heteroatoms. The lowest BCUT2D eigenvalue weighted by molar-refractivity contribution is 0.0751. The number of nitrogens with one attached hydrogen (secondary N) is 1. The molecule has 0 fully saturated rings. The van der Waals surface area contributed by atoms with Crippen LogP contribution in [-0.2, 0) is 6.54 Å². The number of aromatic nitrogens is 1. The van der Waals surface area contributed by atoms with E-state index in [0.717, 1.165) is 5.56 Å². The summed E-state index contributed by atoms with van der Waals surface area (Å²) in [5.74, 6) is -0.494. The molecule has 0 spiro atoms. The summed E-state index contributed by atoms with van der Waals surface area (Å²) in [5, 5.41) is 2.80. The van der Waals surface area contributed by atoms with Crippen molar-refractivity contribution in [1.82, 2.24) is 14.8 Å². The van der Waals surface area contributed by atoms with Gasteiger partial charge in [-0.15, -0.1) is 0 Å². The van der Waals surface area contributed by atoms with Gasteiger partial charge < -0.3 is 15.1 Å². The number of rotatable bonds is 7. The fourth-order valence-corrected chi connectivity index (χ4v) is 3.17. The lowest BCUT2D eigenvalue weighted by Gasteiger charge is -2.22. The third-order valence-corrected chi connectivity index (χ3v) is 4.94. The predicted octanol–water partition coefficient (Wildman–Crippen LogP) is 3.70. The van der Waals surface area contributed by atoms with Gasteiger partial charge in [0.25, 0.3) is 17.7 Å². The minimum atomic E-state index is -0.289. The molecule has 0 saturated carbocycles. The Morgan fingerprint density at radius 3 is 2.22 bits per heavy atom. The van der Waals surface area contributed by atoms with Crippen LogP contribution < -0.4 is 5.32 Å². The minimum Gasteiger partial charge on any atom is -0.345 e. The van der Waals surface area contributed by atoms with E-state index in [-0.39, 0.29) is 17.7 Å². The van der Waals surface area contributed by atoms with Crippen LogP contribution in [-0.4, -0.2) is 53.1 Å². The van der Waals surface area contributed by atoms with Gasteiger partial charge in [-0.3, -0.25) is 19.4 Å². The zero-order valence-corrected chi connectivity index (χ0v) is 18.4. The van der Waals surface area contributed by atoms with Crippen LogP contribution in [0.25, 0.3) is 0 Å². The van der Waals surface area contributed by atoms with E-state index in [1.165, 1.54) is 11.1 Å². The second-order valence-corrected chi connectivity index (χ2v) is 7.49.